The van der Waals surface area contributed by atoms with Gasteiger partial charge in [-0.1, -0.05) is 13.0 Å². The number of nitrogens with one attached hydrogen (secondary N) is 1. The van der Waals surface area contributed by atoms with E-state index in [9.17, 15) is 24.6 Å². The van der Waals surface area contributed by atoms with E-state index >= 15 is 0 Å². The monoisotopic (exact) mass is 455 g/mol. The number of aromatic hydroxyl groups is 2. The molecule has 0 aromatic heterocycles. The number of phenolic OH excluding ortho intramolecular Hbond substituents is 2. The molecule has 1 spiro atoms. The molecular weight excluding hydrogens is 426 g/mol. The summed E-state index contributed by atoms with van der Waals surface area (Å²) in [6, 6.07) is 2.41. The normalized spacial score (nSPS) is 37.8. The van der Waals surface area contributed by atoms with E-state index in [4.69, 9.17) is 4.74 Å². The highest BCUT2D eigenvalue weighted by Gasteiger charge is 2.71. The first-order valence-electron chi connectivity index (χ1n) is 11.4. The second-order valence-electron chi connectivity index (χ2n) is 10.5. The molecular formula is C25H29NO7. The van der Waals surface area contributed by atoms with Gasteiger partial charge >= 0.3 is 5.97 Å². The van der Waals surface area contributed by atoms with Gasteiger partial charge in [0.15, 0.2) is 11.5 Å². The zero-order chi connectivity index (χ0) is 23.8. The highest BCUT2D eigenvalue weighted by molar-refractivity contribution is 6.01. The van der Waals surface area contributed by atoms with E-state index in [0.29, 0.717) is 12.3 Å². The zero-order valence-corrected chi connectivity index (χ0v) is 19.0. The van der Waals surface area contributed by atoms with Crippen molar-refractivity contribution >= 4 is 23.3 Å². The lowest BCUT2D eigenvalue weighted by molar-refractivity contribution is -0.169. The summed E-state index contributed by atoms with van der Waals surface area (Å²) in [5.74, 6) is -1.67. The molecule has 1 aromatic carbocycles. The smallest absolute Gasteiger partial charge is 0.341 e. The van der Waals surface area contributed by atoms with Crippen LogP contribution < -0.4 is 5.32 Å². The minimum atomic E-state index is -0.792. The van der Waals surface area contributed by atoms with E-state index in [-0.39, 0.29) is 52.2 Å². The summed E-state index contributed by atoms with van der Waals surface area (Å²) in [7, 11) is 1.17. The first kappa shape index (κ1) is 21.9. The van der Waals surface area contributed by atoms with E-state index in [1.54, 1.807) is 6.08 Å². The number of methoxy groups -OCH3 is 1. The topological polar surface area (TPSA) is 122 Å². The van der Waals surface area contributed by atoms with E-state index in [2.05, 4.69) is 23.1 Å². The van der Waals surface area contributed by atoms with Crippen LogP contribution in [-0.2, 0) is 19.1 Å². The lowest BCUT2D eigenvalue weighted by Gasteiger charge is -2.55. The van der Waals surface area contributed by atoms with Crippen LogP contribution in [0.5, 0.6) is 11.5 Å². The fourth-order valence-electron chi connectivity index (χ4n) is 7.19. The van der Waals surface area contributed by atoms with Crippen LogP contribution in [0.1, 0.15) is 56.3 Å². The Morgan fingerprint density at radius 1 is 1.27 bits per heavy atom. The Morgan fingerprint density at radius 3 is 2.73 bits per heavy atom. The maximum absolute atomic E-state index is 13.1. The molecule has 2 saturated carbocycles. The quantitative estimate of drug-likeness (QED) is 0.460. The number of ketones is 1. The average molecular weight is 456 g/mol. The Labute approximate surface area is 192 Å². The molecule has 8 nitrogen and oxygen atoms in total. The number of carbonyl (C=O) groups is 3. The summed E-state index contributed by atoms with van der Waals surface area (Å²) in [6.45, 7) is 4.11. The van der Waals surface area contributed by atoms with Crippen LogP contribution in [0.4, 0.5) is 5.69 Å². The average Bonchev–Trinajstić information content (AvgIpc) is 3.13. The molecule has 2 heterocycles. The third kappa shape index (κ3) is 3.03. The number of benzene rings is 1. The lowest BCUT2D eigenvalue weighted by Crippen LogP contribution is -2.56. The van der Waals surface area contributed by atoms with Gasteiger partial charge in [-0.15, -0.1) is 0 Å². The Balaban J connectivity index is 1.35. The van der Waals surface area contributed by atoms with Crippen molar-refractivity contribution in [3.8, 4) is 11.5 Å². The van der Waals surface area contributed by atoms with E-state index in [1.807, 2.05) is 6.92 Å². The maximum Gasteiger partial charge on any atom is 0.341 e. The molecule has 1 aromatic rings. The fourth-order valence-corrected chi connectivity index (χ4v) is 7.19. The predicted molar refractivity (Wildman–Crippen MR) is 118 cm³/mol. The molecule has 6 rings (SSSR count). The number of hydrogen-bond donors (Lipinski definition) is 3. The Kier molecular flexibility index (Phi) is 4.70. The summed E-state index contributed by atoms with van der Waals surface area (Å²) in [5, 5.41) is 23.0. The van der Waals surface area contributed by atoms with Crippen molar-refractivity contribution in [3.63, 3.8) is 0 Å². The Hall–Kier alpha value is -2.87. The van der Waals surface area contributed by atoms with Crippen molar-refractivity contribution in [3.05, 3.63) is 29.8 Å². The highest BCUT2D eigenvalue weighted by atomic mass is 16.5. The number of anilines is 1. The van der Waals surface area contributed by atoms with Crippen LogP contribution in [-0.4, -0.2) is 46.7 Å². The number of carbonyl (C=O) groups excluding carboxylic acids is 3. The van der Waals surface area contributed by atoms with Crippen LogP contribution in [0.2, 0.25) is 0 Å². The number of ether oxygens (including phenoxy) is 2. The maximum atomic E-state index is 13.1. The van der Waals surface area contributed by atoms with Crippen molar-refractivity contribution in [2.75, 3.05) is 12.4 Å². The van der Waals surface area contributed by atoms with Gasteiger partial charge in [-0.05, 0) is 62.1 Å². The van der Waals surface area contributed by atoms with Crippen LogP contribution in [0, 0.1) is 22.7 Å². The van der Waals surface area contributed by atoms with Gasteiger partial charge in [-0.25, -0.2) is 4.79 Å². The van der Waals surface area contributed by atoms with Gasteiger partial charge in [0, 0.05) is 17.8 Å². The predicted octanol–water partition coefficient (Wildman–Crippen LogP) is 3.32. The molecule has 3 aliphatic carbocycles. The Morgan fingerprint density at radius 2 is 2.03 bits per heavy atom. The molecule has 0 unspecified atom stereocenters. The number of allylic oxidation sites excluding steroid dienone is 2. The lowest BCUT2D eigenvalue weighted by atomic mass is 9.51. The minimum absolute atomic E-state index is 0.00635. The number of rotatable bonds is 5. The third-order valence-electron chi connectivity index (χ3n) is 8.61. The molecule has 1 amide bonds. The van der Waals surface area contributed by atoms with Crippen molar-refractivity contribution in [2.24, 2.45) is 22.7 Å². The van der Waals surface area contributed by atoms with Crippen molar-refractivity contribution < 1.29 is 34.1 Å². The summed E-state index contributed by atoms with van der Waals surface area (Å²) in [5.41, 5.74) is -1.36. The molecule has 33 heavy (non-hydrogen) atoms. The molecule has 5 aliphatic rings. The van der Waals surface area contributed by atoms with Crippen LogP contribution in [0.25, 0.3) is 0 Å². The highest BCUT2D eigenvalue weighted by Crippen LogP contribution is 2.71. The van der Waals surface area contributed by atoms with Crippen molar-refractivity contribution in [1.29, 1.82) is 0 Å². The molecule has 4 bridgehead atoms. The van der Waals surface area contributed by atoms with Gasteiger partial charge in [0.2, 0.25) is 5.91 Å². The number of phenols is 2. The number of amides is 1. The first-order chi connectivity index (χ1) is 15.5. The molecule has 2 saturated heterocycles. The van der Waals surface area contributed by atoms with E-state index in [1.165, 1.54) is 19.2 Å². The summed E-state index contributed by atoms with van der Waals surface area (Å²) < 4.78 is 11.0. The minimum Gasteiger partial charge on any atom is -0.506 e. The first-order valence-corrected chi connectivity index (χ1v) is 11.4. The summed E-state index contributed by atoms with van der Waals surface area (Å²) >= 11 is 0. The number of hydrogen-bond acceptors (Lipinski definition) is 7. The van der Waals surface area contributed by atoms with Crippen LogP contribution in [0.15, 0.2) is 24.3 Å². The molecule has 2 aliphatic heterocycles. The second-order valence-corrected chi connectivity index (χ2v) is 10.5. The van der Waals surface area contributed by atoms with Gasteiger partial charge in [-0.3, -0.25) is 9.59 Å². The SMILES string of the molecule is COC(=O)c1ccc(O)c(NC(=O)CC[C@]2(C)C(=O)C=C[C@]34C[C@H]5C[C@H](O[C@@]5(C)C3)[C@H]42)c1O. The van der Waals surface area contributed by atoms with E-state index < -0.39 is 23.0 Å². The molecule has 4 fully saturated rings. The largest absolute Gasteiger partial charge is 0.506 e. The van der Waals surface area contributed by atoms with Gasteiger partial charge in [0.1, 0.15) is 17.0 Å². The van der Waals surface area contributed by atoms with Crippen LogP contribution >= 0.6 is 0 Å². The summed E-state index contributed by atoms with van der Waals surface area (Å²) in [4.78, 5) is 37.7. The standard InChI is InChI=1S/C25H29NO7/c1-23(8-7-18(29)26-19-15(27)5-4-14(20(19)30)22(31)32-3)17(28)6-9-25-11-13-10-16(21(23)25)33-24(13,2)12-25/h4-6,9,13,16,21,27,30H,7-8,10-12H2,1-3H3,(H,26,29)/t13-,16+,21+,23-,24+,25+/m1/s1. The van der Waals surface area contributed by atoms with Crippen LogP contribution in [0.3, 0.4) is 0 Å². The molecule has 0 radical (unpaired) electrons. The molecule has 8 heteroatoms. The molecule has 176 valence electrons. The second kappa shape index (κ2) is 7.06. The van der Waals surface area contributed by atoms with Gasteiger partial charge in [0.05, 0.1) is 18.8 Å². The molecule has 3 N–H and O–H groups in total. The Bertz CT molecular complexity index is 1100. The zero-order valence-electron chi connectivity index (χ0n) is 19.0. The van der Waals surface area contributed by atoms with Gasteiger partial charge in [-0.2, -0.15) is 0 Å². The van der Waals surface area contributed by atoms with Crippen molar-refractivity contribution in [2.45, 2.75) is 57.7 Å². The molecule has 6 atom stereocenters. The van der Waals surface area contributed by atoms with Gasteiger partial charge < -0.3 is 25.0 Å². The summed E-state index contributed by atoms with van der Waals surface area (Å²) in [6.07, 6.45) is 7.00. The van der Waals surface area contributed by atoms with Gasteiger partial charge in [0.25, 0.3) is 0 Å². The third-order valence-corrected chi connectivity index (χ3v) is 8.61. The van der Waals surface area contributed by atoms with Crippen molar-refractivity contribution in [1.82, 2.24) is 0 Å². The van der Waals surface area contributed by atoms with E-state index in [0.717, 1.165) is 19.3 Å². The fraction of sp³-hybridized carbons (Fsp3) is 0.560. The number of esters is 1.